The molecule has 0 bridgehead atoms. The Hall–Kier alpha value is -2.98. The van der Waals surface area contributed by atoms with E-state index in [4.69, 9.17) is 9.84 Å². The Bertz CT molecular complexity index is 1250. The standard InChI is InChI=1S/C22H29N5O4S/c1-14(2)20-19-18(26(4)10-11-31-5)13-17(22(28)25-32(6,29)30)23-21(19)27(24-20)16-9-7-8-15(3)12-16/h7-9,12-14H,10-11H2,1-6H3,(H,25,28). The molecule has 0 aliphatic rings. The van der Waals surface area contributed by atoms with Crippen LogP contribution in [0.25, 0.3) is 16.7 Å². The van der Waals surface area contributed by atoms with Crippen LogP contribution in [0.4, 0.5) is 5.69 Å². The van der Waals surface area contributed by atoms with Gasteiger partial charge in [-0.3, -0.25) is 4.79 Å². The van der Waals surface area contributed by atoms with Crippen LogP contribution in [-0.4, -0.2) is 62.7 Å². The van der Waals surface area contributed by atoms with Gasteiger partial charge in [0.1, 0.15) is 5.69 Å². The summed E-state index contributed by atoms with van der Waals surface area (Å²) in [5, 5.41) is 5.66. The molecule has 32 heavy (non-hydrogen) atoms. The van der Waals surface area contributed by atoms with Crippen LogP contribution in [0.2, 0.25) is 0 Å². The van der Waals surface area contributed by atoms with E-state index in [1.54, 1.807) is 17.9 Å². The topological polar surface area (TPSA) is 106 Å². The summed E-state index contributed by atoms with van der Waals surface area (Å²) in [4.78, 5) is 19.2. The Morgan fingerprint density at radius 1 is 1.28 bits per heavy atom. The molecule has 0 atom stereocenters. The SMILES string of the molecule is COCCN(C)c1cc(C(=O)NS(C)(=O)=O)nc2c1c(C(C)C)nn2-c1cccc(C)c1. The van der Waals surface area contributed by atoms with Crippen molar-refractivity contribution in [3.05, 3.63) is 47.3 Å². The smallest absolute Gasteiger partial charge is 0.283 e. The number of carbonyl (C=O) groups excluding carboxylic acids is 1. The second-order valence-electron chi connectivity index (χ2n) is 8.13. The van der Waals surface area contributed by atoms with Gasteiger partial charge >= 0.3 is 0 Å². The number of anilines is 1. The first kappa shape index (κ1) is 23.7. The van der Waals surface area contributed by atoms with Crippen LogP contribution in [0, 0.1) is 6.92 Å². The van der Waals surface area contributed by atoms with E-state index < -0.39 is 15.9 Å². The fraction of sp³-hybridized carbons (Fsp3) is 0.409. The van der Waals surface area contributed by atoms with E-state index in [-0.39, 0.29) is 11.6 Å². The summed E-state index contributed by atoms with van der Waals surface area (Å²) in [6, 6.07) is 9.42. The van der Waals surface area contributed by atoms with Crippen molar-refractivity contribution < 1.29 is 17.9 Å². The summed E-state index contributed by atoms with van der Waals surface area (Å²) in [6.45, 7) is 7.13. The summed E-state index contributed by atoms with van der Waals surface area (Å²) in [5.41, 5.74) is 3.91. The minimum Gasteiger partial charge on any atom is -0.383 e. The predicted molar refractivity (Wildman–Crippen MR) is 125 cm³/mol. The molecular formula is C22H29N5O4S. The number of nitrogens with one attached hydrogen (secondary N) is 1. The molecule has 0 unspecified atom stereocenters. The van der Waals surface area contributed by atoms with Crippen molar-refractivity contribution >= 4 is 32.7 Å². The summed E-state index contributed by atoms with van der Waals surface area (Å²) in [7, 11) is -0.233. The fourth-order valence-corrected chi connectivity index (χ4v) is 3.89. The van der Waals surface area contributed by atoms with E-state index in [9.17, 15) is 13.2 Å². The molecule has 0 saturated heterocycles. The van der Waals surface area contributed by atoms with Crippen LogP contribution in [-0.2, 0) is 14.8 Å². The number of aromatic nitrogens is 3. The molecule has 3 aromatic rings. The van der Waals surface area contributed by atoms with E-state index in [0.717, 1.165) is 34.3 Å². The normalized spacial score (nSPS) is 11.8. The molecule has 2 aromatic heterocycles. The molecule has 0 fully saturated rings. The zero-order valence-electron chi connectivity index (χ0n) is 19.2. The number of likely N-dealkylation sites (N-methyl/N-ethyl adjacent to an activating group) is 1. The van der Waals surface area contributed by atoms with Crippen LogP contribution in [0.1, 0.15) is 41.5 Å². The number of nitrogens with zero attached hydrogens (tertiary/aromatic N) is 4. The Labute approximate surface area is 188 Å². The monoisotopic (exact) mass is 459 g/mol. The molecule has 10 heteroatoms. The molecule has 1 amide bonds. The highest BCUT2D eigenvalue weighted by Gasteiger charge is 2.24. The van der Waals surface area contributed by atoms with Crippen LogP contribution in [0.3, 0.4) is 0 Å². The Morgan fingerprint density at radius 3 is 2.59 bits per heavy atom. The fourth-order valence-electron chi connectivity index (χ4n) is 3.45. The van der Waals surface area contributed by atoms with Crippen LogP contribution in [0.5, 0.6) is 0 Å². The largest absolute Gasteiger partial charge is 0.383 e. The number of ether oxygens (including phenoxy) is 1. The third-order valence-electron chi connectivity index (χ3n) is 4.99. The lowest BCUT2D eigenvalue weighted by Crippen LogP contribution is -2.30. The maximum Gasteiger partial charge on any atom is 0.283 e. The van der Waals surface area contributed by atoms with Gasteiger partial charge in [-0.15, -0.1) is 0 Å². The molecule has 2 heterocycles. The lowest BCUT2D eigenvalue weighted by Gasteiger charge is -2.21. The van der Waals surface area contributed by atoms with Gasteiger partial charge in [0.2, 0.25) is 10.0 Å². The number of methoxy groups -OCH3 is 1. The number of amides is 1. The molecule has 0 aliphatic heterocycles. The van der Waals surface area contributed by atoms with Crippen molar-refractivity contribution in [2.45, 2.75) is 26.7 Å². The maximum absolute atomic E-state index is 12.7. The Balaban J connectivity index is 2.34. The van der Waals surface area contributed by atoms with Crippen molar-refractivity contribution in [1.29, 1.82) is 0 Å². The van der Waals surface area contributed by atoms with Crippen molar-refractivity contribution in [3.8, 4) is 5.69 Å². The van der Waals surface area contributed by atoms with Gasteiger partial charge in [0, 0.05) is 20.7 Å². The number of rotatable bonds is 8. The summed E-state index contributed by atoms with van der Waals surface area (Å²) in [5.74, 6) is -0.700. The Morgan fingerprint density at radius 2 is 2.00 bits per heavy atom. The summed E-state index contributed by atoms with van der Waals surface area (Å²) in [6.07, 6.45) is 0.933. The molecular weight excluding hydrogens is 430 g/mol. The van der Waals surface area contributed by atoms with Gasteiger partial charge in [0.05, 0.1) is 35.3 Å². The van der Waals surface area contributed by atoms with E-state index in [2.05, 4.69) is 4.98 Å². The minimum absolute atomic E-state index is 0.00805. The first-order valence-corrected chi connectivity index (χ1v) is 12.1. The second-order valence-corrected chi connectivity index (χ2v) is 9.88. The lowest BCUT2D eigenvalue weighted by atomic mass is 10.1. The zero-order valence-corrected chi connectivity index (χ0v) is 20.0. The van der Waals surface area contributed by atoms with Gasteiger partial charge in [-0.25, -0.2) is 22.8 Å². The van der Waals surface area contributed by atoms with E-state index in [1.165, 1.54) is 0 Å². The van der Waals surface area contributed by atoms with E-state index in [0.29, 0.717) is 18.8 Å². The number of benzene rings is 1. The van der Waals surface area contributed by atoms with E-state index >= 15 is 0 Å². The third-order valence-corrected chi connectivity index (χ3v) is 5.55. The molecule has 0 radical (unpaired) electrons. The van der Waals surface area contributed by atoms with Gasteiger partial charge in [-0.05, 0) is 36.6 Å². The third kappa shape index (κ3) is 5.08. The van der Waals surface area contributed by atoms with Gasteiger partial charge in [0.25, 0.3) is 5.91 Å². The molecule has 0 spiro atoms. The van der Waals surface area contributed by atoms with Gasteiger partial charge in [0.15, 0.2) is 5.65 Å². The number of hydrogen-bond donors (Lipinski definition) is 1. The van der Waals surface area contributed by atoms with Crippen molar-refractivity contribution in [3.63, 3.8) is 0 Å². The zero-order chi connectivity index (χ0) is 23.6. The highest BCUT2D eigenvalue weighted by atomic mass is 32.2. The van der Waals surface area contributed by atoms with Gasteiger partial charge in [-0.2, -0.15) is 5.10 Å². The number of carbonyl (C=O) groups is 1. The predicted octanol–water partition coefficient (Wildman–Crippen LogP) is 2.62. The van der Waals surface area contributed by atoms with Crippen LogP contribution in [0.15, 0.2) is 30.3 Å². The van der Waals surface area contributed by atoms with Crippen molar-refractivity contribution in [2.24, 2.45) is 0 Å². The van der Waals surface area contributed by atoms with Gasteiger partial charge in [-0.1, -0.05) is 26.0 Å². The molecule has 0 saturated carbocycles. The molecule has 3 rings (SSSR count). The quantitative estimate of drug-likeness (QED) is 0.552. The molecule has 1 N–H and O–H groups in total. The minimum atomic E-state index is -3.74. The van der Waals surface area contributed by atoms with Crippen molar-refractivity contribution in [2.75, 3.05) is 38.5 Å². The molecule has 0 aliphatic carbocycles. The Kier molecular flexibility index (Phi) is 6.85. The number of fused-ring (bicyclic) bond motifs is 1. The number of pyridine rings is 1. The van der Waals surface area contributed by atoms with Crippen LogP contribution < -0.4 is 9.62 Å². The van der Waals surface area contributed by atoms with Crippen molar-refractivity contribution in [1.82, 2.24) is 19.5 Å². The molecule has 9 nitrogen and oxygen atoms in total. The molecule has 172 valence electrons. The first-order valence-electron chi connectivity index (χ1n) is 10.2. The van der Waals surface area contributed by atoms with Crippen LogP contribution >= 0.6 is 0 Å². The lowest BCUT2D eigenvalue weighted by molar-refractivity contribution is 0.0977. The number of sulfonamides is 1. The first-order chi connectivity index (χ1) is 15.0. The van der Waals surface area contributed by atoms with E-state index in [1.807, 2.05) is 61.7 Å². The number of hydrogen-bond acceptors (Lipinski definition) is 7. The summed E-state index contributed by atoms with van der Waals surface area (Å²) >= 11 is 0. The average molecular weight is 460 g/mol. The van der Waals surface area contributed by atoms with Gasteiger partial charge < -0.3 is 9.64 Å². The molecule has 1 aromatic carbocycles. The average Bonchev–Trinajstić information content (AvgIpc) is 3.10. The highest BCUT2D eigenvalue weighted by molar-refractivity contribution is 7.89. The maximum atomic E-state index is 12.7. The highest BCUT2D eigenvalue weighted by Crippen LogP contribution is 2.34. The second kappa shape index (κ2) is 9.25. The summed E-state index contributed by atoms with van der Waals surface area (Å²) < 4.78 is 32.2. The number of aryl methyl sites for hydroxylation is 1.